The van der Waals surface area contributed by atoms with Crippen molar-refractivity contribution < 1.29 is 18.0 Å². The van der Waals surface area contributed by atoms with Crippen LogP contribution < -0.4 is 10.6 Å². The number of aryl methyl sites for hydroxylation is 1. The topological polar surface area (TPSA) is 79.8 Å². The summed E-state index contributed by atoms with van der Waals surface area (Å²) in [6.07, 6.45) is -1.31. The molecule has 0 saturated heterocycles. The van der Waals surface area contributed by atoms with E-state index >= 15 is 0 Å². The minimum atomic E-state index is -4.53. The van der Waals surface area contributed by atoms with Crippen molar-refractivity contribution in [2.45, 2.75) is 19.6 Å². The molecule has 0 spiro atoms. The fourth-order valence-electron chi connectivity index (χ4n) is 2.47. The largest absolute Gasteiger partial charge is 0.418 e. The van der Waals surface area contributed by atoms with Crippen LogP contribution in [-0.2, 0) is 12.7 Å². The number of para-hydroxylation sites is 1. The van der Waals surface area contributed by atoms with Crippen LogP contribution >= 0.6 is 0 Å². The van der Waals surface area contributed by atoms with Crippen LogP contribution in [0.2, 0.25) is 0 Å². The third kappa shape index (κ3) is 4.81. The van der Waals surface area contributed by atoms with Crippen LogP contribution in [0.25, 0.3) is 0 Å². The Kier molecular flexibility index (Phi) is 5.53. The Morgan fingerprint density at radius 2 is 1.79 bits per heavy atom. The fraction of sp³-hybridized carbons (Fsp3) is 0.158. The molecule has 0 unspecified atom stereocenters. The second-order valence-corrected chi connectivity index (χ2v) is 5.92. The summed E-state index contributed by atoms with van der Waals surface area (Å²) < 4.78 is 39.5. The van der Waals surface area contributed by atoms with Gasteiger partial charge >= 0.3 is 6.18 Å². The van der Waals surface area contributed by atoms with Crippen molar-refractivity contribution in [3.63, 3.8) is 0 Å². The van der Waals surface area contributed by atoms with Gasteiger partial charge in [0.25, 0.3) is 5.91 Å². The summed E-state index contributed by atoms with van der Waals surface area (Å²) in [6, 6.07) is 9.97. The number of pyridine rings is 1. The second-order valence-electron chi connectivity index (χ2n) is 5.92. The highest BCUT2D eigenvalue weighted by Gasteiger charge is 2.33. The van der Waals surface area contributed by atoms with E-state index in [0.29, 0.717) is 5.69 Å². The van der Waals surface area contributed by atoms with E-state index in [0.717, 1.165) is 11.6 Å². The van der Waals surface area contributed by atoms with E-state index in [1.807, 2.05) is 0 Å². The van der Waals surface area contributed by atoms with Gasteiger partial charge in [-0.15, -0.1) is 0 Å². The van der Waals surface area contributed by atoms with E-state index < -0.39 is 17.6 Å². The average Bonchev–Trinajstić information content (AvgIpc) is 2.66. The van der Waals surface area contributed by atoms with Gasteiger partial charge in [0.05, 0.1) is 11.3 Å². The first kappa shape index (κ1) is 19.3. The molecule has 2 aromatic heterocycles. The lowest BCUT2D eigenvalue weighted by Crippen LogP contribution is -2.24. The van der Waals surface area contributed by atoms with Crippen molar-refractivity contribution >= 4 is 17.5 Å². The molecular weight excluding hydrogens is 371 g/mol. The smallest absolute Gasteiger partial charge is 0.347 e. The molecule has 2 heterocycles. The van der Waals surface area contributed by atoms with Crippen molar-refractivity contribution in [1.82, 2.24) is 20.3 Å². The Hall–Kier alpha value is -3.49. The molecule has 144 valence electrons. The number of carbonyl (C=O) groups excluding carboxylic acids is 1. The van der Waals surface area contributed by atoms with Crippen molar-refractivity contribution in [1.29, 1.82) is 0 Å². The summed E-state index contributed by atoms with van der Waals surface area (Å²) in [6.45, 7) is 1.90. The number of nitrogens with zero attached hydrogens (tertiary/aromatic N) is 3. The lowest BCUT2D eigenvalue weighted by atomic mass is 10.1. The number of alkyl halides is 3. The van der Waals surface area contributed by atoms with Crippen molar-refractivity contribution in [2.24, 2.45) is 0 Å². The number of aromatic nitrogens is 3. The molecule has 28 heavy (non-hydrogen) atoms. The van der Waals surface area contributed by atoms with Crippen LogP contribution in [0.1, 0.15) is 27.3 Å². The van der Waals surface area contributed by atoms with E-state index in [-0.39, 0.29) is 23.9 Å². The second kappa shape index (κ2) is 8.03. The predicted molar refractivity (Wildman–Crippen MR) is 96.9 cm³/mol. The van der Waals surface area contributed by atoms with Crippen LogP contribution in [0.3, 0.4) is 0 Å². The first-order chi connectivity index (χ1) is 13.3. The standard InChI is InChI=1S/C19H16F3N5O/c1-12-10-16(17(28)24-11-13-6-8-23-9-7-13)27-18(25-12)26-15-5-3-2-4-14(15)19(20,21)22/h2-10H,11H2,1H3,(H,24,28)(H,25,26,27). The summed E-state index contributed by atoms with van der Waals surface area (Å²) in [5.41, 5.74) is 0.309. The van der Waals surface area contributed by atoms with Gasteiger partial charge in [-0.2, -0.15) is 13.2 Å². The van der Waals surface area contributed by atoms with E-state index in [2.05, 4.69) is 25.6 Å². The van der Waals surface area contributed by atoms with Crippen LogP contribution in [0.5, 0.6) is 0 Å². The van der Waals surface area contributed by atoms with Gasteiger partial charge in [0, 0.05) is 24.6 Å². The van der Waals surface area contributed by atoms with Crippen molar-refractivity contribution in [2.75, 3.05) is 5.32 Å². The molecule has 0 radical (unpaired) electrons. The number of benzene rings is 1. The van der Waals surface area contributed by atoms with Gasteiger partial charge in [0.1, 0.15) is 5.69 Å². The molecule has 0 atom stereocenters. The van der Waals surface area contributed by atoms with Gasteiger partial charge in [0.15, 0.2) is 0 Å². The molecule has 0 aliphatic carbocycles. The van der Waals surface area contributed by atoms with Gasteiger partial charge in [0.2, 0.25) is 5.95 Å². The zero-order valence-corrected chi connectivity index (χ0v) is 14.8. The molecule has 0 saturated carbocycles. The highest BCUT2D eigenvalue weighted by molar-refractivity contribution is 5.92. The molecule has 2 N–H and O–H groups in total. The number of rotatable bonds is 5. The third-order valence-electron chi connectivity index (χ3n) is 3.77. The third-order valence-corrected chi connectivity index (χ3v) is 3.77. The first-order valence-corrected chi connectivity index (χ1v) is 8.29. The summed E-state index contributed by atoms with van der Waals surface area (Å²) in [5, 5.41) is 5.26. The van der Waals surface area contributed by atoms with Crippen LogP contribution in [-0.4, -0.2) is 20.9 Å². The van der Waals surface area contributed by atoms with Crippen molar-refractivity contribution in [3.8, 4) is 0 Å². The molecular formula is C19H16F3N5O. The summed E-state index contributed by atoms with van der Waals surface area (Å²) >= 11 is 0. The lowest BCUT2D eigenvalue weighted by molar-refractivity contribution is -0.136. The van der Waals surface area contributed by atoms with Gasteiger partial charge in [-0.3, -0.25) is 9.78 Å². The summed E-state index contributed by atoms with van der Waals surface area (Å²) in [5.74, 6) is -0.555. The van der Waals surface area contributed by atoms with E-state index in [4.69, 9.17) is 0 Å². The highest BCUT2D eigenvalue weighted by Crippen LogP contribution is 2.35. The zero-order chi connectivity index (χ0) is 20.1. The van der Waals surface area contributed by atoms with Crippen molar-refractivity contribution in [3.05, 3.63) is 77.4 Å². The SMILES string of the molecule is Cc1cc(C(=O)NCc2ccncc2)nc(Nc2ccccc2C(F)(F)F)n1. The first-order valence-electron chi connectivity index (χ1n) is 8.29. The van der Waals surface area contributed by atoms with E-state index in [9.17, 15) is 18.0 Å². The summed E-state index contributed by atoms with van der Waals surface area (Å²) in [4.78, 5) is 24.4. The van der Waals surface area contributed by atoms with Crippen LogP contribution in [0, 0.1) is 6.92 Å². The summed E-state index contributed by atoms with van der Waals surface area (Å²) in [7, 11) is 0. The fourth-order valence-corrected chi connectivity index (χ4v) is 2.47. The Morgan fingerprint density at radius 3 is 2.50 bits per heavy atom. The predicted octanol–water partition coefficient (Wildman–Crippen LogP) is 3.87. The number of hydrogen-bond donors (Lipinski definition) is 2. The van der Waals surface area contributed by atoms with Gasteiger partial charge in [-0.05, 0) is 42.8 Å². The maximum atomic E-state index is 13.2. The maximum absolute atomic E-state index is 13.2. The van der Waals surface area contributed by atoms with Gasteiger partial charge in [-0.1, -0.05) is 12.1 Å². The molecule has 3 rings (SSSR count). The molecule has 1 amide bonds. The molecule has 6 nitrogen and oxygen atoms in total. The number of halogens is 3. The van der Waals surface area contributed by atoms with E-state index in [1.54, 1.807) is 31.5 Å². The number of carbonyl (C=O) groups is 1. The van der Waals surface area contributed by atoms with Crippen LogP contribution in [0.4, 0.5) is 24.8 Å². The lowest BCUT2D eigenvalue weighted by Gasteiger charge is -2.14. The minimum Gasteiger partial charge on any atom is -0.347 e. The molecule has 0 aliphatic rings. The Morgan fingerprint density at radius 1 is 1.07 bits per heavy atom. The quantitative estimate of drug-likeness (QED) is 0.695. The minimum absolute atomic E-state index is 0.0496. The monoisotopic (exact) mass is 387 g/mol. The number of anilines is 2. The van der Waals surface area contributed by atoms with Crippen LogP contribution in [0.15, 0.2) is 54.9 Å². The molecule has 9 heteroatoms. The number of hydrogen-bond acceptors (Lipinski definition) is 5. The highest BCUT2D eigenvalue weighted by atomic mass is 19.4. The Balaban J connectivity index is 1.80. The maximum Gasteiger partial charge on any atom is 0.418 e. The number of nitrogens with one attached hydrogen (secondary N) is 2. The molecule has 0 fully saturated rings. The normalized spacial score (nSPS) is 11.1. The average molecular weight is 387 g/mol. The molecule has 1 aromatic carbocycles. The van der Waals surface area contributed by atoms with Gasteiger partial charge in [-0.25, -0.2) is 9.97 Å². The van der Waals surface area contributed by atoms with E-state index in [1.165, 1.54) is 24.3 Å². The molecule has 0 aliphatic heterocycles. The molecule has 3 aromatic rings. The Bertz CT molecular complexity index is 977. The Labute approximate surface area is 158 Å². The van der Waals surface area contributed by atoms with Gasteiger partial charge < -0.3 is 10.6 Å². The molecule has 0 bridgehead atoms. The zero-order valence-electron chi connectivity index (χ0n) is 14.8. The number of amides is 1.